The van der Waals surface area contributed by atoms with E-state index >= 15 is 0 Å². The van der Waals surface area contributed by atoms with Crippen LogP contribution in [0.15, 0.2) is 47.2 Å². The van der Waals surface area contributed by atoms with Gasteiger partial charge in [0, 0.05) is 24.8 Å². The van der Waals surface area contributed by atoms with Gasteiger partial charge in [0.2, 0.25) is 5.91 Å². The van der Waals surface area contributed by atoms with Crippen molar-refractivity contribution in [3.05, 3.63) is 68.4 Å². The minimum absolute atomic E-state index is 0.0346. The van der Waals surface area contributed by atoms with Gasteiger partial charge in [0.15, 0.2) is 0 Å². The van der Waals surface area contributed by atoms with Gasteiger partial charge in [-0.3, -0.25) is 14.9 Å². The van der Waals surface area contributed by atoms with Crippen LogP contribution in [0.25, 0.3) is 6.08 Å². The molecule has 1 aromatic carbocycles. The topological polar surface area (TPSA) is 72.2 Å². The summed E-state index contributed by atoms with van der Waals surface area (Å²) in [7, 11) is 0. The molecule has 6 heteroatoms. The van der Waals surface area contributed by atoms with E-state index in [0.717, 1.165) is 12.0 Å². The maximum absolute atomic E-state index is 11.6. The quantitative estimate of drug-likeness (QED) is 0.506. The number of nitrogens with zero attached hydrogens (tertiary/aromatic N) is 1. The number of nitrogens with one attached hydrogen (secondary N) is 1. The maximum Gasteiger partial charge on any atom is 0.269 e. The molecule has 0 saturated carbocycles. The number of nitro benzene ring substituents is 1. The highest BCUT2D eigenvalue weighted by Gasteiger charge is 2.02. The summed E-state index contributed by atoms with van der Waals surface area (Å²) in [5.41, 5.74) is 1.99. The minimum atomic E-state index is -0.454. The predicted molar refractivity (Wildman–Crippen MR) is 83.2 cm³/mol. The number of carbonyl (C=O) groups excluding carboxylic acids is 1. The standard InChI is InChI=1S/C15H14N2O3S/c18-15(16-9-7-13-8-10-21-11-13)6-3-12-1-4-14(5-2-12)17(19)20/h1-6,8,10-11H,7,9H2,(H,16,18)/b6-3+. The smallest absolute Gasteiger partial charge is 0.269 e. The molecule has 21 heavy (non-hydrogen) atoms. The number of benzene rings is 1. The summed E-state index contributed by atoms with van der Waals surface area (Å²) in [4.78, 5) is 21.7. The summed E-state index contributed by atoms with van der Waals surface area (Å²) in [5, 5.41) is 17.4. The van der Waals surface area contributed by atoms with Gasteiger partial charge in [-0.05, 0) is 52.6 Å². The molecule has 1 amide bonds. The van der Waals surface area contributed by atoms with Gasteiger partial charge < -0.3 is 5.32 Å². The summed E-state index contributed by atoms with van der Waals surface area (Å²) >= 11 is 1.63. The van der Waals surface area contributed by atoms with Gasteiger partial charge in [-0.1, -0.05) is 0 Å². The molecule has 5 nitrogen and oxygen atoms in total. The van der Waals surface area contributed by atoms with Crippen molar-refractivity contribution in [2.75, 3.05) is 6.54 Å². The Labute approximate surface area is 126 Å². The van der Waals surface area contributed by atoms with Crippen LogP contribution in [0.4, 0.5) is 5.69 Å². The monoisotopic (exact) mass is 302 g/mol. The summed E-state index contributed by atoms with van der Waals surface area (Å²) in [6.45, 7) is 0.584. The molecular weight excluding hydrogens is 288 g/mol. The third-order valence-corrected chi connectivity index (χ3v) is 3.56. The van der Waals surface area contributed by atoms with Crippen LogP contribution in [0, 0.1) is 10.1 Å². The average Bonchev–Trinajstić information content (AvgIpc) is 2.99. The average molecular weight is 302 g/mol. The predicted octanol–water partition coefficient (Wildman–Crippen LogP) is 3.03. The second-order valence-electron chi connectivity index (χ2n) is 4.35. The zero-order valence-corrected chi connectivity index (χ0v) is 12.0. The van der Waals surface area contributed by atoms with Crippen molar-refractivity contribution in [1.29, 1.82) is 0 Å². The second-order valence-corrected chi connectivity index (χ2v) is 5.13. The van der Waals surface area contributed by atoms with Crippen LogP contribution >= 0.6 is 11.3 Å². The fraction of sp³-hybridized carbons (Fsp3) is 0.133. The van der Waals surface area contributed by atoms with Gasteiger partial charge in [-0.2, -0.15) is 11.3 Å². The Kier molecular flexibility index (Phi) is 5.22. The van der Waals surface area contributed by atoms with E-state index in [0.29, 0.717) is 6.54 Å². The number of rotatable bonds is 6. The lowest BCUT2D eigenvalue weighted by Gasteiger charge is -2.00. The van der Waals surface area contributed by atoms with E-state index in [2.05, 4.69) is 10.7 Å². The Bertz CT molecular complexity index is 633. The highest BCUT2D eigenvalue weighted by Crippen LogP contribution is 2.12. The van der Waals surface area contributed by atoms with Crippen molar-refractivity contribution < 1.29 is 9.72 Å². The van der Waals surface area contributed by atoms with Crippen LogP contribution in [-0.2, 0) is 11.2 Å². The number of non-ortho nitro benzene ring substituents is 1. The minimum Gasteiger partial charge on any atom is -0.352 e. The molecule has 0 aliphatic carbocycles. The molecule has 0 aliphatic heterocycles. The van der Waals surface area contributed by atoms with E-state index in [1.54, 1.807) is 29.5 Å². The molecule has 0 saturated heterocycles. The first-order chi connectivity index (χ1) is 10.1. The Balaban J connectivity index is 1.80. The molecular formula is C15H14N2O3S. The highest BCUT2D eigenvalue weighted by atomic mass is 32.1. The second kappa shape index (κ2) is 7.35. The molecule has 2 rings (SSSR count). The number of hydrogen-bond acceptors (Lipinski definition) is 4. The highest BCUT2D eigenvalue weighted by molar-refractivity contribution is 7.07. The first-order valence-corrected chi connectivity index (χ1v) is 7.31. The van der Waals surface area contributed by atoms with Crippen molar-refractivity contribution in [2.24, 2.45) is 0 Å². The number of amides is 1. The lowest BCUT2D eigenvalue weighted by Crippen LogP contribution is -2.23. The lowest BCUT2D eigenvalue weighted by atomic mass is 10.2. The number of thiophene rings is 1. The van der Waals surface area contributed by atoms with Crippen molar-refractivity contribution in [3.63, 3.8) is 0 Å². The van der Waals surface area contributed by atoms with Gasteiger partial charge in [-0.15, -0.1) is 0 Å². The largest absolute Gasteiger partial charge is 0.352 e. The molecule has 0 spiro atoms. The SMILES string of the molecule is O=C(/C=C/c1ccc([N+](=O)[O-])cc1)NCCc1ccsc1. The molecule has 0 radical (unpaired) electrons. The molecule has 1 aromatic heterocycles. The van der Waals surface area contributed by atoms with Crippen molar-refractivity contribution >= 4 is 29.0 Å². The summed E-state index contributed by atoms with van der Waals surface area (Å²) in [6.07, 6.45) is 3.86. The molecule has 0 fully saturated rings. The number of carbonyl (C=O) groups is 1. The maximum atomic E-state index is 11.6. The molecule has 0 aliphatic rings. The molecule has 1 heterocycles. The molecule has 108 valence electrons. The number of hydrogen-bond donors (Lipinski definition) is 1. The normalized spacial score (nSPS) is 10.7. The lowest BCUT2D eigenvalue weighted by molar-refractivity contribution is -0.384. The Hall–Kier alpha value is -2.47. The first-order valence-electron chi connectivity index (χ1n) is 6.36. The van der Waals surface area contributed by atoms with Crippen LogP contribution in [0.5, 0.6) is 0 Å². The van der Waals surface area contributed by atoms with Crippen molar-refractivity contribution in [2.45, 2.75) is 6.42 Å². The van der Waals surface area contributed by atoms with Crippen molar-refractivity contribution in [3.8, 4) is 0 Å². The van der Waals surface area contributed by atoms with Crippen LogP contribution < -0.4 is 5.32 Å². The molecule has 0 unspecified atom stereocenters. The van der Waals surface area contributed by atoms with Gasteiger partial charge in [-0.25, -0.2) is 0 Å². The van der Waals surface area contributed by atoms with E-state index in [9.17, 15) is 14.9 Å². The molecule has 0 bridgehead atoms. The van der Waals surface area contributed by atoms with Gasteiger partial charge in [0.25, 0.3) is 5.69 Å². The fourth-order valence-corrected chi connectivity index (χ4v) is 2.41. The van der Waals surface area contributed by atoms with E-state index in [1.807, 2.05) is 11.4 Å². The first kappa shape index (κ1) is 14.9. The van der Waals surface area contributed by atoms with Crippen LogP contribution in [0.3, 0.4) is 0 Å². The molecule has 0 atom stereocenters. The van der Waals surface area contributed by atoms with E-state index in [-0.39, 0.29) is 11.6 Å². The third kappa shape index (κ3) is 4.85. The van der Waals surface area contributed by atoms with Gasteiger partial charge in [0.1, 0.15) is 0 Å². The zero-order chi connectivity index (χ0) is 15.1. The van der Waals surface area contributed by atoms with E-state index in [4.69, 9.17) is 0 Å². The van der Waals surface area contributed by atoms with E-state index < -0.39 is 4.92 Å². The van der Waals surface area contributed by atoms with Gasteiger partial charge >= 0.3 is 0 Å². The van der Waals surface area contributed by atoms with Crippen molar-refractivity contribution in [1.82, 2.24) is 5.32 Å². The summed E-state index contributed by atoms with van der Waals surface area (Å²) in [6, 6.07) is 8.06. The van der Waals surface area contributed by atoms with E-state index in [1.165, 1.54) is 23.8 Å². The Morgan fingerprint density at radius 3 is 2.67 bits per heavy atom. The Morgan fingerprint density at radius 1 is 1.29 bits per heavy atom. The fourth-order valence-electron chi connectivity index (χ4n) is 1.70. The van der Waals surface area contributed by atoms with Gasteiger partial charge in [0.05, 0.1) is 4.92 Å². The van der Waals surface area contributed by atoms with Crippen LogP contribution in [-0.4, -0.2) is 17.4 Å². The number of nitro groups is 1. The summed E-state index contributed by atoms with van der Waals surface area (Å²) < 4.78 is 0. The Morgan fingerprint density at radius 2 is 2.05 bits per heavy atom. The zero-order valence-electron chi connectivity index (χ0n) is 11.2. The summed E-state index contributed by atoms with van der Waals surface area (Å²) in [5.74, 6) is -0.177. The van der Waals surface area contributed by atoms with Crippen LogP contribution in [0.1, 0.15) is 11.1 Å². The molecule has 2 aromatic rings. The molecule has 1 N–H and O–H groups in total. The third-order valence-electron chi connectivity index (χ3n) is 2.82. The van der Waals surface area contributed by atoms with Crippen LogP contribution in [0.2, 0.25) is 0 Å².